The van der Waals surface area contributed by atoms with Crippen LogP contribution in [0.15, 0.2) is 16.6 Å². The molecule has 0 aliphatic rings. The maximum Gasteiger partial charge on any atom is 0.107 e. The molecule has 0 bridgehead atoms. The van der Waals surface area contributed by atoms with Crippen LogP contribution in [-0.2, 0) is 7.05 Å². The molecule has 0 N–H and O–H groups in total. The number of hydrogen-bond donors (Lipinski definition) is 0. The molecule has 2 aromatic rings. The number of rotatable bonds is 0. The van der Waals surface area contributed by atoms with Crippen molar-refractivity contribution in [1.29, 1.82) is 0 Å². The Morgan fingerprint density at radius 1 is 1.46 bits per heavy atom. The summed E-state index contributed by atoms with van der Waals surface area (Å²) in [5.41, 5.74) is 1.92. The first kappa shape index (κ1) is 9.03. The monoisotopic (exact) mass is 258 g/mol. The Hall–Kier alpha value is -0.540. The van der Waals surface area contributed by atoms with Gasteiger partial charge in [0.15, 0.2) is 0 Å². The zero-order valence-electron chi connectivity index (χ0n) is 7.31. The summed E-state index contributed by atoms with van der Waals surface area (Å²) in [7, 11) is 1.98. The second kappa shape index (κ2) is 3.00. The molecule has 0 radical (unpaired) electrons. The molecule has 1 aromatic heterocycles. The Morgan fingerprint density at radius 2 is 2.15 bits per heavy atom. The van der Waals surface area contributed by atoms with Crippen molar-refractivity contribution in [1.82, 2.24) is 9.55 Å². The van der Waals surface area contributed by atoms with E-state index >= 15 is 0 Å². The van der Waals surface area contributed by atoms with Crippen molar-refractivity contribution in [2.24, 2.45) is 7.05 Å². The highest BCUT2D eigenvalue weighted by molar-refractivity contribution is 9.10. The Bertz CT molecular complexity index is 476. The summed E-state index contributed by atoms with van der Waals surface area (Å²) < 4.78 is 3.00. The fourth-order valence-corrected chi connectivity index (χ4v) is 2.16. The van der Waals surface area contributed by atoms with Crippen molar-refractivity contribution in [3.8, 4) is 0 Å². The minimum absolute atomic E-state index is 0.688. The van der Waals surface area contributed by atoms with E-state index in [0.29, 0.717) is 5.02 Å². The maximum absolute atomic E-state index is 6.04. The number of fused-ring (bicyclic) bond motifs is 1. The molecule has 0 saturated carbocycles. The molecule has 1 heterocycles. The van der Waals surface area contributed by atoms with Crippen LogP contribution in [0, 0.1) is 6.92 Å². The molecule has 0 aliphatic carbocycles. The molecule has 2 nitrogen and oxygen atoms in total. The van der Waals surface area contributed by atoms with Gasteiger partial charge < -0.3 is 4.57 Å². The average Bonchev–Trinajstić information content (AvgIpc) is 2.32. The van der Waals surface area contributed by atoms with Gasteiger partial charge in [0.25, 0.3) is 0 Å². The standard InChI is InChI=1S/C9H8BrClN2/c1-5-12-9-7(11)3-6(10)4-8(9)13(5)2/h3-4H,1-2H3. The molecular formula is C9H8BrClN2. The van der Waals surface area contributed by atoms with E-state index < -0.39 is 0 Å². The number of nitrogens with zero attached hydrogens (tertiary/aromatic N) is 2. The predicted molar refractivity (Wildman–Crippen MR) is 58.2 cm³/mol. The van der Waals surface area contributed by atoms with Gasteiger partial charge in [-0.25, -0.2) is 4.98 Å². The number of hydrogen-bond acceptors (Lipinski definition) is 1. The molecule has 0 aliphatic heterocycles. The van der Waals surface area contributed by atoms with Crippen molar-refractivity contribution in [2.75, 3.05) is 0 Å². The topological polar surface area (TPSA) is 17.8 Å². The highest BCUT2D eigenvalue weighted by Crippen LogP contribution is 2.27. The molecule has 0 unspecified atom stereocenters. The summed E-state index contributed by atoms with van der Waals surface area (Å²) in [4.78, 5) is 4.36. The third-order valence-corrected chi connectivity index (χ3v) is 2.87. The summed E-state index contributed by atoms with van der Waals surface area (Å²) in [5, 5.41) is 0.688. The third kappa shape index (κ3) is 1.36. The van der Waals surface area contributed by atoms with E-state index in [1.54, 1.807) is 0 Å². The fraction of sp³-hybridized carbons (Fsp3) is 0.222. The van der Waals surface area contributed by atoms with Crippen LogP contribution in [-0.4, -0.2) is 9.55 Å². The predicted octanol–water partition coefficient (Wildman–Crippen LogP) is 3.30. The van der Waals surface area contributed by atoms with Crippen LogP contribution in [0.25, 0.3) is 11.0 Å². The van der Waals surface area contributed by atoms with Crippen LogP contribution in [0.4, 0.5) is 0 Å². The Morgan fingerprint density at radius 3 is 2.85 bits per heavy atom. The maximum atomic E-state index is 6.04. The van der Waals surface area contributed by atoms with Crippen molar-refractivity contribution in [2.45, 2.75) is 6.92 Å². The molecule has 13 heavy (non-hydrogen) atoms. The van der Waals surface area contributed by atoms with Crippen molar-refractivity contribution in [3.05, 3.63) is 27.5 Å². The lowest BCUT2D eigenvalue weighted by molar-refractivity contribution is 0.886. The molecule has 0 saturated heterocycles. The minimum atomic E-state index is 0.688. The number of aryl methyl sites for hydroxylation is 2. The van der Waals surface area contributed by atoms with Crippen molar-refractivity contribution >= 4 is 38.6 Å². The minimum Gasteiger partial charge on any atom is -0.331 e. The summed E-state index contributed by atoms with van der Waals surface area (Å²) in [6.45, 7) is 1.96. The van der Waals surface area contributed by atoms with Crippen LogP contribution in [0.2, 0.25) is 5.02 Å². The second-order valence-corrected chi connectivity index (χ2v) is 4.30. The largest absolute Gasteiger partial charge is 0.331 e. The number of benzene rings is 1. The third-order valence-electron chi connectivity index (χ3n) is 2.13. The smallest absolute Gasteiger partial charge is 0.107 e. The second-order valence-electron chi connectivity index (χ2n) is 2.97. The lowest BCUT2D eigenvalue weighted by atomic mass is 10.3. The number of imidazole rings is 1. The average molecular weight is 260 g/mol. The molecule has 0 amide bonds. The Kier molecular flexibility index (Phi) is 2.08. The van der Waals surface area contributed by atoms with E-state index in [1.165, 1.54) is 0 Å². The molecule has 4 heteroatoms. The molecule has 2 rings (SSSR count). The zero-order valence-corrected chi connectivity index (χ0v) is 9.65. The lowest BCUT2D eigenvalue weighted by Crippen LogP contribution is -1.89. The quantitative estimate of drug-likeness (QED) is 0.710. The summed E-state index contributed by atoms with van der Waals surface area (Å²) >= 11 is 9.44. The van der Waals surface area contributed by atoms with Gasteiger partial charge >= 0.3 is 0 Å². The molecule has 0 fully saturated rings. The van der Waals surface area contributed by atoms with Gasteiger partial charge in [-0.1, -0.05) is 27.5 Å². The molecular weight excluding hydrogens is 251 g/mol. The highest BCUT2D eigenvalue weighted by atomic mass is 79.9. The van der Waals surface area contributed by atoms with E-state index in [-0.39, 0.29) is 0 Å². The number of halogens is 2. The molecule has 0 atom stereocenters. The van der Waals surface area contributed by atoms with Crippen LogP contribution < -0.4 is 0 Å². The van der Waals surface area contributed by atoms with Crippen molar-refractivity contribution in [3.63, 3.8) is 0 Å². The summed E-state index contributed by atoms with van der Waals surface area (Å²) in [6, 6.07) is 3.87. The van der Waals surface area contributed by atoms with E-state index in [4.69, 9.17) is 11.6 Å². The molecule has 0 spiro atoms. The first-order valence-electron chi connectivity index (χ1n) is 3.87. The first-order valence-corrected chi connectivity index (χ1v) is 5.05. The highest BCUT2D eigenvalue weighted by Gasteiger charge is 2.08. The van der Waals surface area contributed by atoms with Gasteiger partial charge in [-0.05, 0) is 19.1 Å². The molecule has 68 valence electrons. The fourth-order valence-electron chi connectivity index (χ4n) is 1.33. The van der Waals surface area contributed by atoms with Crippen LogP contribution in [0.1, 0.15) is 5.82 Å². The normalized spacial score (nSPS) is 11.1. The summed E-state index contributed by atoms with van der Waals surface area (Å²) in [6.07, 6.45) is 0. The Balaban J connectivity index is 2.94. The SMILES string of the molecule is Cc1nc2c(Cl)cc(Br)cc2n1C. The van der Waals surface area contributed by atoms with Gasteiger partial charge in [-0.3, -0.25) is 0 Å². The van der Waals surface area contributed by atoms with Gasteiger partial charge in [0.1, 0.15) is 11.3 Å². The lowest BCUT2D eigenvalue weighted by Gasteiger charge is -1.97. The van der Waals surface area contributed by atoms with Crippen LogP contribution in [0.3, 0.4) is 0 Å². The van der Waals surface area contributed by atoms with E-state index in [1.807, 2.05) is 30.7 Å². The van der Waals surface area contributed by atoms with Gasteiger partial charge in [0, 0.05) is 11.5 Å². The van der Waals surface area contributed by atoms with E-state index in [9.17, 15) is 0 Å². The van der Waals surface area contributed by atoms with Gasteiger partial charge in [0.05, 0.1) is 10.5 Å². The first-order chi connectivity index (χ1) is 6.09. The Labute approximate surface area is 89.7 Å². The van der Waals surface area contributed by atoms with Crippen LogP contribution in [0.5, 0.6) is 0 Å². The molecule has 1 aromatic carbocycles. The van der Waals surface area contributed by atoms with Crippen molar-refractivity contribution < 1.29 is 0 Å². The van der Waals surface area contributed by atoms with Gasteiger partial charge in [-0.15, -0.1) is 0 Å². The summed E-state index contributed by atoms with van der Waals surface area (Å²) in [5.74, 6) is 0.968. The van der Waals surface area contributed by atoms with E-state index in [2.05, 4.69) is 20.9 Å². The number of aromatic nitrogens is 2. The van der Waals surface area contributed by atoms with Gasteiger partial charge in [-0.2, -0.15) is 0 Å². The zero-order chi connectivity index (χ0) is 9.59. The van der Waals surface area contributed by atoms with Gasteiger partial charge in [0.2, 0.25) is 0 Å². The van der Waals surface area contributed by atoms with E-state index in [0.717, 1.165) is 21.3 Å². The van der Waals surface area contributed by atoms with Crippen LogP contribution >= 0.6 is 27.5 Å².